The Balaban J connectivity index is 2.30. The first-order chi connectivity index (χ1) is 7.65. The molecule has 1 aromatic heterocycles. The zero-order chi connectivity index (χ0) is 11.5. The second-order valence-corrected chi connectivity index (χ2v) is 5.38. The van der Waals surface area contributed by atoms with Gasteiger partial charge in [0.05, 0.1) is 5.69 Å². The number of rotatable bonds is 2. The maximum absolute atomic E-state index is 5.88. The number of nitrogens with two attached hydrogens (primary N) is 1. The quantitative estimate of drug-likeness (QED) is 0.913. The summed E-state index contributed by atoms with van der Waals surface area (Å²) in [5, 5.41) is 0.859. The summed E-state index contributed by atoms with van der Waals surface area (Å²) in [4.78, 5) is 5.54. The van der Waals surface area contributed by atoms with Crippen LogP contribution in [0, 0.1) is 6.92 Å². The van der Waals surface area contributed by atoms with Gasteiger partial charge in [-0.1, -0.05) is 33.8 Å². The number of aromatic nitrogens is 1. The monoisotopic (exact) mass is 294 g/mol. The number of hydrogen-bond donors (Lipinski definition) is 1. The van der Waals surface area contributed by atoms with Gasteiger partial charge in [-0.3, -0.25) is 0 Å². The van der Waals surface area contributed by atoms with E-state index in [1.54, 1.807) is 11.8 Å². The van der Waals surface area contributed by atoms with Gasteiger partial charge in [-0.05, 0) is 37.3 Å². The van der Waals surface area contributed by atoms with Crippen LogP contribution in [0.1, 0.15) is 5.69 Å². The van der Waals surface area contributed by atoms with Gasteiger partial charge in [0.25, 0.3) is 0 Å². The third-order valence-electron chi connectivity index (χ3n) is 2.04. The minimum Gasteiger partial charge on any atom is -0.397 e. The van der Waals surface area contributed by atoms with E-state index < -0.39 is 0 Å². The van der Waals surface area contributed by atoms with Crippen LogP contribution in [0.5, 0.6) is 0 Å². The molecule has 0 fully saturated rings. The molecule has 0 saturated carbocycles. The summed E-state index contributed by atoms with van der Waals surface area (Å²) in [6.07, 6.45) is 0. The van der Waals surface area contributed by atoms with E-state index in [-0.39, 0.29) is 0 Å². The van der Waals surface area contributed by atoms with Gasteiger partial charge in [0.1, 0.15) is 5.03 Å². The average molecular weight is 295 g/mol. The van der Waals surface area contributed by atoms with Gasteiger partial charge in [-0.25, -0.2) is 4.98 Å². The van der Waals surface area contributed by atoms with Crippen molar-refractivity contribution in [2.24, 2.45) is 0 Å². The Morgan fingerprint density at radius 3 is 2.81 bits per heavy atom. The summed E-state index contributed by atoms with van der Waals surface area (Å²) in [5.74, 6) is 0. The number of halogens is 1. The van der Waals surface area contributed by atoms with Gasteiger partial charge < -0.3 is 5.73 Å². The van der Waals surface area contributed by atoms with E-state index in [0.29, 0.717) is 0 Å². The largest absolute Gasteiger partial charge is 0.397 e. The summed E-state index contributed by atoms with van der Waals surface area (Å²) >= 11 is 5.02. The van der Waals surface area contributed by atoms with Gasteiger partial charge >= 0.3 is 0 Å². The summed E-state index contributed by atoms with van der Waals surface area (Å²) in [6, 6.07) is 11.9. The van der Waals surface area contributed by atoms with E-state index in [1.807, 2.05) is 43.3 Å². The molecular formula is C12H11BrN2S. The third-order valence-corrected chi connectivity index (χ3v) is 3.54. The highest BCUT2D eigenvalue weighted by atomic mass is 79.9. The molecule has 0 aliphatic heterocycles. The number of aryl methyl sites for hydroxylation is 1. The topological polar surface area (TPSA) is 38.9 Å². The second-order valence-electron chi connectivity index (χ2n) is 3.41. The molecule has 0 atom stereocenters. The molecular weight excluding hydrogens is 284 g/mol. The normalized spacial score (nSPS) is 10.4. The lowest BCUT2D eigenvalue weighted by Crippen LogP contribution is -1.93. The van der Waals surface area contributed by atoms with Crippen LogP contribution >= 0.6 is 27.7 Å². The molecule has 1 heterocycles. The Kier molecular flexibility index (Phi) is 3.51. The van der Waals surface area contributed by atoms with Crippen molar-refractivity contribution in [2.75, 3.05) is 5.73 Å². The number of anilines is 1. The second kappa shape index (κ2) is 4.89. The predicted molar refractivity (Wildman–Crippen MR) is 71.7 cm³/mol. The lowest BCUT2D eigenvalue weighted by atomic mass is 10.3. The van der Waals surface area contributed by atoms with Crippen LogP contribution in [0.25, 0.3) is 0 Å². The SMILES string of the molecule is Cc1ccc(N)c(Sc2cccc(Br)c2)n1. The minimum atomic E-state index is 0.718. The molecule has 16 heavy (non-hydrogen) atoms. The highest BCUT2D eigenvalue weighted by Crippen LogP contribution is 2.31. The molecule has 2 N–H and O–H groups in total. The van der Waals surface area contributed by atoms with Crippen molar-refractivity contribution in [3.05, 3.63) is 46.6 Å². The predicted octanol–water partition coefficient (Wildman–Crippen LogP) is 3.89. The summed E-state index contributed by atoms with van der Waals surface area (Å²) < 4.78 is 1.06. The lowest BCUT2D eigenvalue weighted by molar-refractivity contribution is 1.07. The number of benzene rings is 1. The van der Waals surface area contributed by atoms with Gasteiger partial charge in [0.15, 0.2) is 0 Å². The third kappa shape index (κ3) is 2.77. The average Bonchev–Trinajstić information content (AvgIpc) is 2.24. The Morgan fingerprint density at radius 2 is 2.06 bits per heavy atom. The van der Waals surface area contributed by atoms with Gasteiger partial charge in [0.2, 0.25) is 0 Å². The fourth-order valence-electron chi connectivity index (χ4n) is 1.27. The summed E-state index contributed by atoms with van der Waals surface area (Å²) in [5.41, 5.74) is 7.58. The van der Waals surface area contributed by atoms with Crippen LogP contribution in [0.4, 0.5) is 5.69 Å². The molecule has 82 valence electrons. The van der Waals surface area contributed by atoms with E-state index in [4.69, 9.17) is 5.73 Å². The first-order valence-corrected chi connectivity index (χ1v) is 6.42. The molecule has 2 nitrogen and oxygen atoms in total. The van der Waals surface area contributed by atoms with Crippen molar-refractivity contribution in [1.82, 2.24) is 4.98 Å². The maximum atomic E-state index is 5.88. The lowest BCUT2D eigenvalue weighted by Gasteiger charge is -2.05. The molecule has 0 bridgehead atoms. The Morgan fingerprint density at radius 1 is 1.25 bits per heavy atom. The number of hydrogen-bond acceptors (Lipinski definition) is 3. The Labute approximate surface area is 107 Å². The van der Waals surface area contributed by atoms with Crippen LogP contribution in [-0.2, 0) is 0 Å². The molecule has 0 saturated heterocycles. The molecule has 0 amide bonds. The Hall–Kier alpha value is -1.00. The van der Waals surface area contributed by atoms with E-state index in [9.17, 15) is 0 Å². The van der Waals surface area contributed by atoms with Crippen molar-refractivity contribution >= 4 is 33.4 Å². The van der Waals surface area contributed by atoms with E-state index in [1.165, 1.54) is 0 Å². The van der Waals surface area contributed by atoms with Crippen LogP contribution in [0.3, 0.4) is 0 Å². The van der Waals surface area contributed by atoms with Crippen molar-refractivity contribution in [2.45, 2.75) is 16.8 Å². The van der Waals surface area contributed by atoms with E-state index >= 15 is 0 Å². The fourth-order valence-corrected chi connectivity index (χ4v) is 2.75. The first-order valence-electron chi connectivity index (χ1n) is 4.82. The van der Waals surface area contributed by atoms with Gasteiger partial charge in [-0.2, -0.15) is 0 Å². The number of nitrogens with zero attached hydrogens (tertiary/aromatic N) is 1. The number of nitrogen functional groups attached to an aromatic ring is 1. The van der Waals surface area contributed by atoms with Crippen LogP contribution in [-0.4, -0.2) is 4.98 Å². The van der Waals surface area contributed by atoms with Crippen LogP contribution < -0.4 is 5.73 Å². The van der Waals surface area contributed by atoms with Crippen molar-refractivity contribution in [1.29, 1.82) is 0 Å². The molecule has 0 spiro atoms. The van der Waals surface area contributed by atoms with E-state index in [0.717, 1.165) is 25.8 Å². The first kappa shape index (κ1) is 11.5. The van der Waals surface area contributed by atoms with Crippen LogP contribution in [0.15, 0.2) is 50.8 Å². The fraction of sp³-hybridized carbons (Fsp3) is 0.0833. The van der Waals surface area contributed by atoms with Gasteiger partial charge in [-0.15, -0.1) is 0 Å². The van der Waals surface area contributed by atoms with Crippen molar-refractivity contribution in [3.63, 3.8) is 0 Å². The minimum absolute atomic E-state index is 0.718. The highest BCUT2D eigenvalue weighted by molar-refractivity contribution is 9.10. The summed E-state index contributed by atoms with van der Waals surface area (Å²) in [7, 11) is 0. The molecule has 2 rings (SSSR count). The van der Waals surface area contributed by atoms with Crippen molar-refractivity contribution < 1.29 is 0 Å². The highest BCUT2D eigenvalue weighted by Gasteiger charge is 2.04. The number of pyridine rings is 1. The zero-order valence-electron chi connectivity index (χ0n) is 8.77. The summed E-state index contributed by atoms with van der Waals surface area (Å²) in [6.45, 7) is 1.96. The maximum Gasteiger partial charge on any atom is 0.124 e. The smallest absolute Gasteiger partial charge is 0.124 e. The molecule has 0 aliphatic rings. The standard InChI is InChI=1S/C12H11BrN2S/c1-8-5-6-11(14)12(15-8)16-10-4-2-3-9(13)7-10/h2-7H,14H2,1H3. The zero-order valence-corrected chi connectivity index (χ0v) is 11.2. The molecule has 0 unspecified atom stereocenters. The molecule has 4 heteroatoms. The Bertz CT molecular complexity index is 514. The van der Waals surface area contributed by atoms with Gasteiger partial charge in [0, 0.05) is 15.1 Å². The van der Waals surface area contributed by atoms with E-state index in [2.05, 4.69) is 20.9 Å². The molecule has 0 radical (unpaired) electrons. The molecule has 0 aliphatic carbocycles. The molecule has 2 aromatic rings. The van der Waals surface area contributed by atoms with Crippen molar-refractivity contribution in [3.8, 4) is 0 Å². The molecule has 1 aromatic carbocycles. The van der Waals surface area contributed by atoms with Crippen LogP contribution in [0.2, 0.25) is 0 Å².